The second-order valence-corrected chi connectivity index (χ2v) is 7.86. The minimum absolute atomic E-state index is 0.133. The molecular weight excluding hydrogens is 350 g/mol. The molecule has 2 saturated heterocycles. The Kier molecular flexibility index (Phi) is 6.88. The molecule has 0 radical (unpaired) electrons. The number of benzene rings is 1. The van der Waals surface area contributed by atoms with Crippen molar-refractivity contribution < 1.29 is 13.6 Å². The van der Waals surface area contributed by atoms with Crippen LogP contribution in [0.15, 0.2) is 18.2 Å². The summed E-state index contributed by atoms with van der Waals surface area (Å²) in [5.41, 5.74) is 0.691. The fourth-order valence-electron chi connectivity index (χ4n) is 3.83. The molecule has 0 saturated carbocycles. The minimum atomic E-state index is -0.827. The number of carbonyl (C=O) groups excluding carboxylic acids is 1. The van der Waals surface area contributed by atoms with E-state index in [4.69, 9.17) is 0 Å². The van der Waals surface area contributed by atoms with E-state index in [0.29, 0.717) is 24.7 Å². The zero-order valence-corrected chi connectivity index (χ0v) is 16.0. The molecule has 2 amide bonds. The lowest BCUT2D eigenvalue weighted by atomic mass is 9.99. The third-order valence-corrected chi connectivity index (χ3v) is 5.70. The first-order chi connectivity index (χ1) is 13.0. The van der Waals surface area contributed by atoms with Crippen LogP contribution in [0.5, 0.6) is 0 Å². The molecule has 0 bridgehead atoms. The van der Waals surface area contributed by atoms with Gasteiger partial charge in [0.25, 0.3) is 0 Å². The van der Waals surface area contributed by atoms with Crippen molar-refractivity contribution in [1.82, 2.24) is 15.5 Å². The summed E-state index contributed by atoms with van der Waals surface area (Å²) in [6.45, 7) is 8.19. The van der Waals surface area contributed by atoms with Crippen molar-refractivity contribution in [2.24, 2.45) is 11.8 Å². The molecule has 1 atom stereocenters. The average Bonchev–Trinajstić information content (AvgIpc) is 3.13. The van der Waals surface area contributed by atoms with E-state index < -0.39 is 11.6 Å². The zero-order valence-electron chi connectivity index (χ0n) is 16.0. The highest BCUT2D eigenvalue weighted by molar-refractivity contribution is 5.73. The highest BCUT2D eigenvalue weighted by atomic mass is 19.2. The first-order valence-electron chi connectivity index (χ1n) is 9.95. The van der Waals surface area contributed by atoms with E-state index in [9.17, 15) is 13.6 Å². The van der Waals surface area contributed by atoms with Gasteiger partial charge in [-0.1, -0.05) is 6.92 Å². The van der Waals surface area contributed by atoms with Crippen molar-refractivity contribution >= 4 is 11.7 Å². The second-order valence-electron chi connectivity index (χ2n) is 7.86. The molecule has 0 aliphatic carbocycles. The molecule has 7 heteroatoms. The lowest BCUT2D eigenvalue weighted by Crippen LogP contribution is -2.43. The smallest absolute Gasteiger partial charge is 0.314 e. The zero-order chi connectivity index (χ0) is 19.2. The van der Waals surface area contributed by atoms with Gasteiger partial charge in [-0.3, -0.25) is 0 Å². The molecule has 27 heavy (non-hydrogen) atoms. The predicted molar refractivity (Wildman–Crippen MR) is 103 cm³/mol. The number of nitrogens with zero attached hydrogens (tertiary/aromatic N) is 2. The fourth-order valence-corrected chi connectivity index (χ4v) is 3.83. The van der Waals surface area contributed by atoms with Crippen LogP contribution in [0, 0.1) is 23.5 Å². The topological polar surface area (TPSA) is 47.6 Å². The van der Waals surface area contributed by atoms with Crippen LogP contribution in [0.3, 0.4) is 0 Å². The van der Waals surface area contributed by atoms with Gasteiger partial charge in [0, 0.05) is 44.5 Å². The molecule has 2 fully saturated rings. The van der Waals surface area contributed by atoms with E-state index in [0.717, 1.165) is 51.1 Å². The molecule has 1 aromatic rings. The van der Waals surface area contributed by atoms with Gasteiger partial charge < -0.3 is 20.4 Å². The molecule has 150 valence electrons. The van der Waals surface area contributed by atoms with Crippen LogP contribution in [0.2, 0.25) is 0 Å². The Morgan fingerprint density at radius 2 is 1.89 bits per heavy atom. The molecular formula is C20H30F2N4O. The number of urea groups is 1. The minimum Gasteiger partial charge on any atom is -0.371 e. The maximum Gasteiger partial charge on any atom is 0.314 e. The van der Waals surface area contributed by atoms with Crippen molar-refractivity contribution in [3.05, 3.63) is 29.8 Å². The van der Waals surface area contributed by atoms with Gasteiger partial charge >= 0.3 is 6.03 Å². The molecule has 2 aliphatic rings. The standard InChI is InChI=1S/C20H30F2N4O/c1-15-4-8-25(9-5-15)11-7-23-20(27)24-13-16-6-10-26(14-16)17-2-3-18(21)19(22)12-17/h2-3,12,15-16H,4-11,13-14H2,1H3,(H2,23,24,27). The first kappa shape index (κ1) is 19.9. The van der Waals surface area contributed by atoms with Crippen LogP contribution in [0.4, 0.5) is 19.3 Å². The lowest BCUT2D eigenvalue weighted by molar-refractivity contribution is 0.191. The van der Waals surface area contributed by atoms with E-state index in [1.165, 1.54) is 18.9 Å². The van der Waals surface area contributed by atoms with Gasteiger partial charge in [-0.2, -0.15) is 0 Å². The monoisotopic (exact) mass is 380 g/mol. The van der Waals surface area contributed by atoms with Crippen LogP contribution in [0.1, 0.15) is 26.2 Å². The van der Waals surface area contributed by atoms with Crippen molar-refractivity contribution in [2.45, 2.75) is 26.2 Å². The summed E-state index contributed by atoms with van der Waals surface area (Å²) in [4.78, 5) is 16.4. The Morgan fingerprint density at radius 3 is 2.63 bits per heavy atom. The summed E-state index contributed by atoms with van der Waals surface area (Å²) in [5.74, 6) is -0.522. The largest absolute Gasteiger partial charge is 0.371 e. The predicted octanol–water partition coefficient (Wildman–Crippen LogP) is 2.82. The summed E-state index contributed by atoms with van der Waals surface area (Å²) in [5, 5.41) is 5.86. The normalized spacial score (nSPS) is 21.4. The van der Waals surface area contributed by atoms with Gasteiger partial charge in [-0.05, 0) is 56.3 Å². The number of nitrogens with one attached hydrogen (secondary N) is 2. The van der Waals surface area contributed by atoms with Crippen molar-refractivity contribution in [1.29, 1.82) is 0 Å². The third kappa shape index (κ3) is 5.79. The number of rotatable bonds is 6. The van der Waals surface area contributed by atoms with E-state index >= 15 is 0 Å². The van der Waals surface area contributed by atoms with Crippen LogP contribution in [-0.2, 0) is 0 Å². The molecule has 0 spiro atoms. The van der Waals surface area contributed by atoms with Gasteiger partial charge in [0.1, 0.15) is 0 Å². The Labute approximate surface area is 160 Å². The Hall–Kier alpha value is -1.89. The number of hydrogen-bond acceptors (Lipinski definition) is 3. The van der Waals surface area contributed by atoms with E-state index in [1.54, 1.807) is 6.07 Å². The number of amides is 2. The van der Waals surface area contributed by atoms with E-state index in [2.05, 4.69) is 22.5 Å². The molecule has 1 unspecified atom stereocenters. The molecule has 2 aliphatic heterocycles. The van der Waals surface area contributed by atoms with Gasteiger partial charge in [0.15, 0.2) is 11.6 Å². The maximum absolute atomic E-state index is 13.4. The number of piperidine rings is 1. The average molecular weight is 380 g/mol. The third-order valence-electron chi connectivity index (χ3n) is 5.70. The highest BCUT2D eigenvalue weighted by Gasteiger charge is 2.24. The summed E-state index contributed by atoms with van der Waals surface area (Å²) >= 11 is 0. The number of halogens is 2. The number of anilines is 1. The van der Waals surface area contributed by atoms with Gasteiger partial charge in [-0.25, -0.2) is 13.6 Å². The molecule has 1 aromatic carbocycles. The Morgan fingerprint density at radius 1 is 1.11 bits per heavy atom. The Bertz CT molecular complexity index is 634. The number of hydrogen-bond donors (Lipinski definition) is 2. The molecule has 3 rings (SSSR count). The summed E-state index contributed by atoms with van der Waals surface area (Å²) in [6.07, 6.45) is 3.40. The van der Waals surface area contributed by atoms with Crippen LogP contribution >= 0.6 is 0 Å². The second kappa shape index (κ2) is 9.35. The van der Waals surface area contributed by atoms with Crippen molar-refractivity contribution in [3.8, 4) is 0 Å². The molecule has 2 heterocycles. The quantitative estimate of drug-likeness (QED) is 0.798. The summed E-state index contributed by atoms with van der Waals surface area (Å²) < 4.78 is 26.4. The number of likely N-dealkylation sites (tertiary alicyclic amines) is 1. The Balaban J connectivity index is 1.32. The van der Waals surface area contributed by atoms with Gasteiger partial charge in [-0.15, -0.1) is 0 Å². The molecule has 0 aromatic heterocycles. The van der Waals surface area contributed by atoms with Gasteiger partial charge in [0.05, 0.1) is 0 Å². The number of carbonyl (C=O) groups is 1. The van der Waals surface area contributed by atoms with E-state index in [1.807, 2.05) is 4.90 Å². The van der Waals surface area contributed by atoms with Crippen LogP contribution in [-0.4, -0.2) is 56.7 Å². The molecule has 5 nitrogen and oxygen atoms in total. The van der Waals surface area contributed by atoms with Gasteiger partial charge in [0.2, 0.25) is 0 Å². The van der Waals surface area contributed by atoms with E-state index in [-0.39, 0.29) is 6.03 Å². The van der Waals surface area contributed by atoms with Crippen molar-refractivity contribution in [2.75, 3.05) is 50.7 Å². The first-order valence-corrected chi connectivity index (χ1v) is 9.95. The summed E-state index contributed by atoms with van der Waals surface area (Å²) in [7, 11) is 0. The van der Waals surface area contributed by atoms with Crippen LogP contribution < -0.4 is 15.5 Å². The van der Waals surface area contributed by atoms with Crippen LogP contribution in [0.25, 0.3) is 0 Å². The maximum atomic E-state index is 13.4. The van der Waals surface area contributed by atoms with Crippen molar-refractivity contribution in [3.63, 3.8) is 0 Å². The lowest BCUT2D eigenvalue weighted by Gasteiger charge is -2.30. The highest BCUT2D eigenvalue weighted by Crippen LogP contribution is 2.25. The summed E-state index contributed by atoms with van der Waals surface area (Å²) in [6, 6.07) is 3.86. The fraction of sp³-hybridized carbons (Fsp3) is 0.650. The SMILES string of the molecule is CC1CCN(CCNC(=O)NCC2CCN(c3ccc(F)c(F)c3)C2)CC1. The molecule has 2 N–H and O–H groups in total.